The molecule has 2 aromatic carbocycles. The maximum absolute atomic E-state index is 12.3. The van der Waals surface area contributed by atoms with Crippen LogP contribution in [0.15, 0.2) is 42.5 Å². The van der Waals surface area contributed by atoms with Gasteiger partial charge < -0.3 is 20.2 Å². The van der Waals surface area contributed by atoms with Crippen LogP contribution in [0.3, 0.4) is 0 Å². The molecular formula is C17H17Cl2N3O2. The summed E-state index contributed by atoms with van der Waals surface area (Å²) >= 11 is 11.8. The predicted molar refractivity (Wildman–Crippen MR) is 97.4 cm³/mol. The van der Waals surface area contributed by atoms with E-state index in [9.17, 15) is 9.90 Å². The van der Waals surface area contributed by atoms with Crippen molar-refractivity contribution in [3.63, 3.8) is 0 Å². The topological polar surface area (TPSA) is 55.8 Å². The van der Waals surface area contributed by atoms with Gasteiger partial charge in [0, 0.05) is 37.6 Å². The molecule has 1 fully saturated rings. The van der Waals surface area contributed by atoms with Crippen LogP contribution in [-0.2, 0) is 0 Å². The van der Waals surface area contributed by atoms with Crippen LogP contribution in [0.4, 0.5) is 16.2 Å². The third-order valence-electron chi connectivity index (χ3n) is 3.95. The Labute approximate surface area is 150 Å². The highest BCUT2D eigenvalue weighted by atomic mass is 35.5. The van der Waals surface area contributed by atoms with Crippen molar-refractivity contribution in [2.75, 3.05) is 36.4 Å². The van der Waals surface area contributed by atoms with Gasteiger partial charge in [-0.3, -0.25) is 0 Å². The molecule has 2 amide bonds. The zero-order valence-electron chi connectivity index (χ0n) is 12.9. The highest BCUT2D eigenvalue weighted by Gasteiger charge is 2.21. The number of aromatic hydroxyl groups is 1. The predicted octanol–water partition coefficient (Wildman–Crippen LogP) is 4.05. The Kier molecular flexibility index (Phi) is 5.02. The van der Waals surface area contributed by atoms with Crippen molar-refractivity contribution < 1.29 is 9.90 Å². The maximum atomic E-state index is 12.3. The van der Waals surface area contributed by atoms with Gasteiger partial charge in [-0.1, -0.05) is 23.2 Å². The lowest BCUT2D eigenvalue weighted by molar-refractivity contribution is 0.208. The van der Waals surface area contributed by atoms with Crippen molar-refractivity contribution in [3.05, 3.63) is 52.5 Å². The number of anilines is 2. The molecule has 0 spiro atoms. The second-order valence-corrected chi connectivity index (χ2v) is 6.36. The first-order chi connectivity index (χ1) is 11.5. The molecule has 0 unspecified atom stereocenters. The first-order valence-corrected chi connectivity index (χ1v) is 8.33. The molecule has 0 atom stereocenters. The molecule has 0 aromatic heterocycles. The average molecular weight is 366 g/mol. The fourth-order valence-corrected chi connectivity index (χ4v) is 2.91. The Balaban J connectivity index is 1.56. The Bertz CT molecular complexity index is 729. The van der Waals surface area contributed by atoms with Gasteiger partial charge in [-0.25, -0.2) is 4.79 Å². The van der Waals surface area contributed by atoms with E-state index < -0.39 is 0 Å². The van der Waals surface area contributed by atoms with E-state index in [0.29, 0.717) is 28.8 Å². The van der Waals surface area contributed by atoms with Gasteiger partial charge in [-0.05, 0) is 42.5 Å². The van der Waals surface area contributed by atoms with Gasteiger partial charge >= 0.3 is 6.03 Å². The summed E-state index contributed by atoms with van der Waals surface area (Å²) in [6.07, 6.45) is 0. The third-order valence-corrected chi connectivity index (χ3v) is 4.69. The summed E-state index contributed by atoms with van der Waals surface area (Å²) in [7, 11) is 0. The number of carbonyl (C=O) groups is 1. The van der Waals surface area contributed by atoms with Gasteiger partial charge in [0.2, 0.25) is 0 Å². The normalized spacial score (nSPS) is 14.6. The molecule has 1 saturated heterocycles. The summed E-state index contributed by atoms with van der Waals surface area (Å²) in [4.78, 5) is 16.3. The monoisotopic (exact) mass is 365 g/mol. The molecular weight excluding hydrogens is 349 g/mol. The summed E-state index contributed by atoms with van der Waals surface area (Å²) in [5.74, 6) is 0.249. The van der Waals surface area contributed by atoms with E-state index in [4.69, 9.17) is 23.2 Å². The van der Waals surface area contributed by atoms with Crippen LogP contribution < -0.4 is 10.2 Å². The molecule has 0 saturated carbocycles. The fourth-order valence-electron chi connectivity index (χ4n) is 2.61. The van der Waals surface area contributed by atoms with Gasteiger partial charge in [0.05, 0.1) is 10.0 Å². The fraction of sp³-hybridized carbons (Fsp3) is 0.235. The molecule has 0 aliphatic carbocycles. The van der Waals surface area contributed by atoms with Crippen LogP contribution in [0.1, 0.15) is 0 Å². The molecule has 24 heavy (non-hydrogen) atoms. The van der Waals surface area contributed by atoms with Crippen molar-refractivity contribution in [1.29, 1.82) is 0 Å². The third kappa shape index (κ3) is 3.86. The first-order valence-electron chi connectivity index (χ1n) is 7.58. The Morgan fingerprint density at radius 2 is 1.62 bits per heavy atom. The number of piperazine rings is 1. The molecule has 2 N–H and O–H groups in total. The zero-order chi connectivity index (χ0) is 17.1. The molecule has 5 nitrogen and oxygen atoms in total. The van der Waals surface area contributed by atoms with Gasteiger partial charge in [-0.2, -0.15) is 0 Å². The summed E-state index contributed by atoms with van der Waals surface area (Å²) in [5.41, 5.74) is 1.66. The Hall–Kier alpha value is -2.11. The number of carbonyl (C=O) groups excluding carboxylic acids is 1. The summed E-state index contributed by atoms with van der Waals surface area (Å²) < 4.78 is 0. The van der Waals surface area contributed by atoms with Gasteiger partial charge in [0.25, 0.3) is 0 Å². The number of rotatable bonds is 2. The second-order valence-electron chi connectivity index (χ2n) is 5.55. The van der Waals surface area contributed by atoms with Crippen molar-refractivity contribution in [3.8, 4) is 5.75 Å². The van der Waals surface area contributed by atoms with Gasteiger partial charge in [-0.15, -0.1) is 0 Å². The lowest BCUT2D eigenvalue weighted by Gasteiger charge is -2.36. The number of urea groups is 1. The van der Waals surface area contributed by atoms with E-state index in [-0.39, 0.29) is 11.8 Å². The maximum Gasteiger partial charge on any atom is 0.321 e. The minimum absolute atomic E-state index is 0.154. The lowest BCUT2D eigenvalue weighted by Crippen LogP contribution is -2.50. The minimum Gasteiger partial charge on any atom is -0.508 e. The van der Waals surface area contributed by atoms with Crippen molar-refractivity contribution >= 4 is 40.6 Å². The molecule has 0 bridgehead atoms. The van der Waals surface area contributed by atoms with Crippen molar-refractivity contribution in [2.24, 2.45) is 0 Å². The van der Waals surface area contributed by atoms with Crippen LogP contribution in [0.5, 0.6) is 5.75 Å². The molecule has 1 heterocycles. The van der Waals surface area contributed by atoms with Crippen LogP contribution in [0.2, 0.25) is 10.0 Å². The van der Waals surface area contributed by atoms with Gasteiger partial charge in [0.15, 0.2) is 0 Å². The van der Waals surface area contributed by atoms with Crippen LogP contribution in [0.25, 0.3) is 0 Å². The van der Waals surface area contributed by atoms with Crippen LogP contribution in [0, 0.1) is 0 Å². The number of nitrogens with one attached hydrogen (secondary N) is 1. The molecule has 0 radical (unpaired) electrons. The highest BCUT2D eigenvalue weighted by molar-refractivity contribution is 6.42. The highest BCUT2D eigenvalue weighted by Crippen LogP contribution is 2.25. The minimum atomic E-state index is -0.154. The number of nitrogens with zero attached hydrogens (tertiary/aromatic N) is 2. The second kappa shape index (κ2) is 7.20. The quantitative estimate of drug-likeness (QED) is 0.843. The number of hydrogen-bond acceptors (Lipinski definition) is 3. The standard InChI is InChI=1S/C17H17Cl2N3O2/c18-15-6-1-12(11-16(15)19)20-17(24)22-9-7-21(8-10-22)13-2-4-14(23)5-3-13/h1-6,11,23H,7-10H2,(H,20,24). The summed E-state index contributed by atoms with van der Waals surface area (Å²) in [6.45, 7) is 2.71. The zero-order valence-corrected chi connectivity index (χ0v) is 14.4. The van der Waals surface area contributed by atoms with Crippen molar-refractivity contribution in [1.82, 2.24) is 4.90 Å². The van der Waals surface area contributed by atoms with E-state index in [1.54, 1.807) is 35.2 Å². The number of amides is 2. The molecule has 1 aliphatic rings. The van der Waals surface area contributed by atoms with E-state index in [1.807, 2.05) is 12.1 Å². The largest absolute Gasteiger partial charge is 0.508 e. The molecule has 126 valence electrons. The number of halogens is 2. The number of phenols is 1. The van der Waals surface area contributed by atoms with E-state index in [2.05, 4.69) is 10.2 Å². The lowest BCUT2D eigenvalue weighted by atomic mass is 10.2. The van der Waals surface area contributed by atoms with Crippen LogP contribution >= 0.6 is 23.2 Å². The number of benzene rings is 2. The molecule has 3 rings (SSSR count). The van der Waals surface area contributed by atoms with E-state index in [1.165, 1.54) is 0 Å². The van der Waals surface area contributed by atoms with Gasteiger partial charge in [0.1, 0.15) is 5.75 Å². The Morgan fingerprint density at radius 1 is 0.958 bits per heavy atom. The first kappa shape index (κ1) is 16.7. The molecule has 7 heteroatoms. The average Bonchev–Trinajstić information content (AvgIpc) is 2.59. The molecule has 1 aliphatic heterocycles. The molecule has 2 aromatic rings. The number of phenolic OH excluding ortho intramolecular Hbond substituents is 1. The summed E-state index contributed by atoms with van der Waals surface area (Å²) in [5, 5.41) is 13.0. The van der Waals surface area contributed by atoms with E-state index >= 15 is 0 Å². The Morgan fingerprint density at radius 3 is 2.25 bits per heavy atom. The van der Waals surface area contributed by atoms with Crippen molar-refractivity contribution in [2.45, 2.75) is 0 Å². The summed E-state index contributed by atoms with van der Waals surface area (Å²) in [6, 6.07) is 11.9. The smallest absolute Gasteiger partial charge is 0.321 e. The van der Waals surface area contributed by atoms with Crippen LogP contribution in [-0.4, -0.2) is 42.2 Å². The van der Waals surface area contributed by atoms with E-state index in [0.717, 1.165) is 18.8 Å². The number of hydrogen-bond donors (Lipinski definition) is 2. The SMILES string of the molecule is O=C(Nc1ccc(Cl)c(Cl)c1)N1CCN(c2ccc(O)cc2)CC1.